The Balaban J connectivity index is 1.74. The summed E-state index contributed by atoms with van der Waals surface area (Å²) < 4.78 is 0. The van der Waals surface area contributed by atoms with Crippen LogP contribution in [0.15, 0.2) is 48.8 Å². The van der Waals surface area contributed by atoms with E-state index in [1.54, 1.807) is 36.7 Å². The SMILES string of the molecule is CN(CCC(=O)c1ccc(Cl)cc1)CCc1ccncc1. The molecule has 0 atom stereocenters. The Morgan fingerprint density at radius 3 is 2.43 bits per heavy atom. The Morgan fingerprint density at radius 1 is 1.10 bits per heavy atom. The van der Waals surface area contributed by atoms with Crippen molar-refractivity contribution in [1.29, 1.82) is 0 Å². The Morgan fingerprint density at radius 2 is 1.76 bits per heavy atom. The number of hydrogen-bond acceptors (Lipinski definition) is 3. The van der Waals surface area contributed by atoms with Crippen molar-refractivity contribution in [2.75, 3.05) is 20.1 Å². The third kappa shape index (κ3) is 5.29. The summed E-state index contributed by atoms with van der Waals surface area (Å²) in [5.41, 5.74) is 1.99. The minimum absolute atomic E-state index is 0.155. The molecule has 3 nitrogen and oxygen atoms in total. The van der Waals surface area contributed by atoms with Crippen LogP contribution < -0.4 is 0 Å². The quantitative estimate of drug-likeness (QED) is 0.734. The van der Waals surface area contributed by atoms with Crippen molar-refractivity contribution in [1.82, 2.24) is 9.88 Å². The van der Waals surface area contributed by atoms with E-state index in [4.69, 9.17) is 11.6 Å². The maximum Gasteiger partial charge on any atom is 0.164 e. The predicted octanol–water partition coefficient (Wildman–Crippen LogP) is 3.48. The number of carbonyl (C=O) groups is 1. The van der Waals surface area contributed by atoms with Crippen molar-refractivity contribution in [3.63, 3.8) is 0 Å². The normalized spacial score (nSPS) is 10.8. The van der Waals surface area contributed by atoms with Gasteiger partial charge in [-0.1, -0.05) is 11.6 Å². The number of nitrogens with zero attached hydrogens (tertiary/aromatic N) is 2. The number of Topliss-reactive ketones (excluding diaryl/α,β-unsaturated/α-hetero) is 1. The van der Waals surface area contributed by atoms with E-state index in [-0.39, 0.29) is 5.78 Å². The highest BCUT2D eigenvalue weighted by molar-refractivity contribution is 6.30. The molecule has 0 saturated carbocycles. The van der Waals surface area contributed by atoms with E-state index in [9.17, 15) is 4.79 Å². The number of benzene rings is 1. The summed E-state index contributed by atoms with van der Waals surface area (Å²) in [5.74, 6) is 0.155. The van der Waals surface area contributed by atoms with Gasteiger partial charge in [0.1, 0.15) is 0 Å². The van der Waals surface area contributed by atoms with Gasteiger partial charge in [0.25, 0.3) is 0 Å². The van der Waals surface area contributed by atoms with E-state index in [2.05, 4.69) is 9.88 Å². The molecule has 0 amide bonds. The van der Waals surface area contributed by atoms with Crippen LogP contribution in [-0.4, -0.2) is 35.8 Å². The van der Waals surface area contributed by atoms with Crippen molar-refractivity contribution < 1.29 is 4.79 Å². The lowest BCUT2D eigenvalue weighted by Gasteiger charge is -2.16. The largest absolute Gasteiger partial charge is 0.306 e. The van der Waals surface area contributed by atoms with Gasteiger partial charge in [0, 0.05) is 42.5 Å². The minimum atomic E-state index is 0.155. The monoisotopic (exact) mass is 302 g/mol. The van der Waals surface area contributed by atoms with Crippen molar-refractivity contribution >= 4 is 17.4 Å². The number of pyridine rings is 1. The van der Waals surface area contributed by atoms with Gasteiger partial charge in [-0.15, -0.1) is 0 Å². The molecule has 0 unspecified atom stereocenters. The van der Waals surface area contributed by atoms with Crippen LogP contribution in [0.2, 0.25) is 5.02 Å². The second kappa shape index (κ2) is 7.91. The molecule has 4 heteroatoms. The van der Waals surface area contributed by atoms with Crippen molar-refractivity contribution in [3.05, 3.63) is 64.9 Å². The molecule has 2 rings (SSSR count). The van der Waals surface area contributed by atoms with Crippen molar-refractivity contribution in [2.24, 2.45) is 0 Å². The Labute approximate surface area is 130 Å². The van der Waals surface area contributed by atoms with Gasteiger partial charge in [-0.25, -0.2) is 0 Å². The smallest absolute Gasteiger partial charge is 0.164 e. The van der Waals surface area contributed by atoms with E-state index in [1.807, 2.05) is 19.2 Å². The van der Waals surface area contributed by atoms with Gasteiger partial charge in [-0.2, -0.15) is 0 Å². The topological polar surface area (TPSA) is 33.2 Å². The number of aromatic nitrogens is 1. The van der Waals surface area contributed by atoms with Gasteiger partial charge in [0.2, 0.25) is 0 Å². The molecule has 1 aromatic carbocycles. The molecule has 0 aliphatic carbocycles. The summed E-state index contributed by atoms with van der Waals surface area (Å²) >= 11 is 5.82. The van der Waals surface area contributed by atoms with E-state index in [1.165, 1.54) is 5.56 Å². The van der Waals surface area contributed by atoms with E-state index in [0.717, 1.165) is 25.1 Å². The predicted molar refractivity (Wildman–Crippen MR) is 85.8 cm³/mol. The zero-order valence-electron chi connectivity index (χ0n) is 12.1. The lowest BCUT2D eigenvalue weighted by Crippen LogP contribution is -2.24. The van der Waals surface area contributed by atoms with Crippen LogP contribution in [0.25, 0.3) is 0 Å². The summed E-state index contributed by atoms with van der Waals surface area (Å²) in [6, 6.07) is 11.1. The van der Waals surface area contributed by atoms with Gasteiger partial charge in [-0.05, 0) is 55.4 Å². The summed E-state index contributed by atoms with van der Waals surface area (Å²) in [4.78, 5) is 18.2. The average Bonchev–Trinajstić information content (AvgIpc) is 2.52. The second-order valence-electron chi connectivity index (χ2n) is 5.09. The summed E-state index contributed by atoms with van der Waals surface area (Å²) in [6.45, 7) is 1.68. The molecule has 0 radical (unpaired) electrons. The maximum absolute atomic E-state index is 12.1. The molecule has 2 aromatic rings. The maximum atomic E-state index is 12.1. The fourth-order valence-electron chi connectivity index (χ4n) is 2.05. The molecule has 0 aliphatic rings. The van der Waals surface area contributed by atoms with Crippen LogP contribution in [0, 0.1) is 0 Å². The standard InChI is InChI=1S/C17H19ClN2O/c1-20(12-8-14-6-10-19-11-7-14)13-9-17(21)15-2-4-16(18)5-3-15/h2-7,10-11H,8-9,12-13H2,1H3. The van der Waals surface area contributed by atoms with Crippen molar-refractivity contribution in [3.8, 4) is 0 Å². The first-order valence-electron chi connectivity index (χ1n) is 7.01. The molecule has 1 heterocycles. The molecular weight excluding hydrogens is 284 g/mol. The molecule has 0 fully saturated rings. The molecule has 0 N–H and O–H groups in total. The minimum Gasteiger partial charge on any atom is -0.306 e. The highest BCUT2D eigenvalue weighted by atomic mass is 35.5. The van der Waals surface area contributed by atoms with Crippen LogP contribution in [-0.2, 0) is 6.42 Å². The zero-order chi connectivity index (χ0) is 15.1. The molecular formula is C17H19ClN2O. The van der Waals surface area contributed by atoms with Crippen LogP contribution in [0.3, 0.4) is 0 Å². The number of rotatable bonds is 7. The molecule has 0 bridgehead atoms. The van der Waals surface area contributed by atoms with E-state index < -0.39 is 0 Å². The zero-order valence-corrected chi connectivity index (χ0v) is 12.9. The molecule has 0 saturated heterocycles. The summed E-state index contributed by atoms with van der Waals surface area (Å²) in [7, 11) is 2.04. The summed E-state index contributed by atoms with van der Waals surface area (Å²) in [6.07, 6.45) is 5.10. The molecule has 0 aliphatic heterocycles. The van der Waals surface area contributed by atoms with E-state index >= 15 is 0 Å². The fourth-order valence-corrected chi connectivity index (χ4v) is 2.18. The van der Waals surface area contributed by atoms with Crippen LogP contribution >= 0.6 is 11.6 Å². The average molecular weight is 303 g/mol. The third-order valence-electron chi connectivity index (χ3n) is 3.42. The molecule has 110 valence electrons. The summed E-state index contributed by atoms with van der Waals surface area (Å²) in [5, 5.41) is 0.654. The van der Waals surface area contributed by atoms with Gasteiger partial charge < -0.3 is 4.90 Å². The number of hydrogen-bond donors (Lipinski definition) is 0. The third-order valence-corrected chi connectivity index (χ3v) is 3.67. The van der Waals surface area contributed by atoms with Crippen LogP contribution in [0.1, 0.15) is 22.3 Å². The molecule has 21 heavy (non-hydrogen) atoms. The van der Waals surface area contributed by atoms with Crippen molar-refractivity contribution in [2.45, 2.75) is 12.8 Å². The fraction of sp³-hybridized carbons (Fsp3) is 0.294. The Hall–Kier alpha value is -1.71. The van der Waals surface area contributed by atoms with Crippen LogP contribution in [0.4, 0.5) is 0 Å². The highest BCUT2D eigenvalue weighted by Gasteiger charge is 2.07. The van der Waals surface area contributed by atoms with Gasteiger partial charge in [0.15, 0.2) is 5.78 Å². The lowest BCUT2D eigenvalue weighted by atomic mass is 10.1. The van der Waals surface area contributed by atoms with Gasteiger partial charge in [0.05, 0.1) is 0 Å². The number of halogens is 1. The lowest BCUT2D eigenvalue weighted by molar-refractivity contribution is 0.0969. The first-order valence-corrected chi connectivity index (χ1v) is 7.39. The second-order valence-corrected chi connectivity index (χ2v) is 5.53. The van der Waals surface area contributed by atoms with Gasteiger partial charge in [-0.3, -0.25) is 9.78 Å². The molecule has 1 aromatic heterocycles. The first-order chi connectivity index (χ1) is 10.1. The number of likely N-dealkylation sites (N-methyl/N-ethyl adjacent to an activating group) is 1. The number of carbonyl (C=O) groups excluding carboxylic acids is 1. The van der Waals surface area contributed by atoms with Gasteiger partial charge >= 0.3 is 0 Å². The highest BCUT2D eigenvalue weighted by Crippen LogP contribution is 2.11. The van der Waals surface area contributed by atoms with Crippen LogP contribution in [0.5, 0.6) is 0 Å². The first kappa shape index (κ1) is 15.7. The number of ketones is 1. The van der Waals surface area contributed by atoms with E-state index in [0.29, 0.717) is 11.4 Å². The Bertz CT molecular complexity index is 569. The molecule has 0 spiro atoms. The Kier molecular flexibility index (Phi) is 5.90.